The van der Waals surface area contributed by atoms with E-state index in [9.17, 15) is 14.0 Å². The molecule has 2 N–H and O–H groups in total. The molecule has 0 spiro atoms. The molecule has 1 rings (SSSR count). The normalized spacial score (nSPS) is 11.7. The predicted octanol–water partition coefficient (Wildman–Crippen LogP) is 2.35. The fourth-order valence-electron chi connectivity index (χ4n) is 1.58. The summed E-state index contributed by atoms with van der Waals surface area (Å²) in [6.07, 6.45) is 0.635. The second kappa shape index (κ2) is 8.14. The Morgan fingerprint density at radius 3 is 2.70 bits per heavy atom. The molecule has 0 fully saturated rings. The molecule has 0 aliphatic carbocycles. The maximum atomic E-state index is 13.5. The lowest BCUT2D eigenvalue weighted by Gasteiger charge is -2.15. The van der Waals surface area contributed by atoms with Gasteiger partial charge in [0, 0.05) is 6.42 Å². The van der Waals surface area contributed by atoms with Gasteiger partial charge in [0.2, 0.25) is 0 Å². The predicted molar refractivity (Wildman–Crippen MR) is 70.9 cm³/mol. The van der Waals surface area contributed by atoms with Crippen molar-refractivity contribution in [2.45, 2.75) is 32.2 Å². The van der Waals surface area contributed by atoms with E-state index in [0.29, 0.717) is 6.42 Å². The minimum Gasteiger partial charge on any atom is -0.480 e. The number of benzene rings is 1. The standard InChI is InChI=1S/C14H18FNO4/c1-2-3-8-20-14(19)16-12(13(17)18)9-10-6-4-5-7-11(10)15/h4-7,12H,2-3,8-9H2,1H3,(H,16,19)(H,17,18). The molecule has 0 saturated carbocycles. The largest absolute Gasteiger partial charge is 0.480 e. The molecule has 0 bridgehead atoms. The first-order valence-corrected chi connectivity index (χ1v) is 6.44. The molecule has 6 heteroatoms. The second-order valence-corrected chi connectivity index (χ2v) is 4.32. The number of carboxylic acids is 1. The molecule has 0 radical (unpaired) electrons. The van der Waals surface area contributed by atoms with Gasteiger partial charge in [-0.15, -0.1) is 0 Å². The summed E-state index contributed by atoms with van der Waals surface area (Å²) in [7, 11) is 0. The van der Waals surface area contributed by atoms with Gasteiger partial charge in [-0.25, -0.2) is 14.0 Å². The van der Waals surface area contributed by atoms with Crippen LogP contribution in [0.5, 0.6) is 0 Å². The summed E-state index contributed by atoms with van der Waals surface area (Å²) in [5.74, 6) is -1.74. The lowest BCUT2D eigenvalue weighted by molar-refractivity contribution is -0.139. The van der Waals surface area contributed by atoms with Crippen molar-refractivity contribution in [1.29, 1.82) is 0 Å². The van der Waals surface area contributed by atoms with Crippen LogP contribution in [0.25, 0.3) is 0 Å². The first kappa shape index (κ1) is 15.9. The Hall–Kier alpha value is -2.11. The zero-order chi connectivity index (χ0) is 15.0. The van der Waals surface area contributed by atoms with E-state index >= 15 is 0 Å². The molecular weight excluding hydrogens is 265 g/mol. The van der Waals surface area contributed by atoms with Crippen LogP contribution >= 0.6 is 0 Å². The number of amides is 1. The van der Waals surface area contributed by atoms with Gasteiger partial charge in [-0.3, -0.25) is 0 Å². The smallest absolute Gasteiger partial charge is 0.407 e. The number of unbranched alkanes of at least 4 members (excludes halogenated alkanes) is 1. The number of rotatable bonds is 7. The topological polar surface area (TPSA) is 75.6 Å². The molecule has 1 aromatic carbocycles. The summed E-state index contributed by atoms with van der Waals surface area (Å²) in [4.78, 5) is 22.5. The summed E-state index contributed by atoms with van der Waals surface area (Å²) in [5, 5.41) is 11.3. The van der Waals surface area contributed by atoms with Gasteiger partial charge in [0.25, 0.3) is 0 Å². The Bertz CT molecular complexity index is 464. The fourth-order valence-corrected chi connectivity index (χ4v) is 1.58. The molecule has 1 unspecified atom stereocenters. The number of carbonyl (C=O) groups excluding carboxylic acids is 1. The zero-order valence-electron chi connectivity index (χ0n) is 11.3. The van der Waals surface area contributed by atoms with Gasteiger partial charge in [-0.2, -0.15) is 0 Å². The average molecular weight is 283 g/mol. The number of hydrogen-bond donors (Lipinski definition) is 2. The second-order valence-electron chi connectivity index (χ2n) is 4.32. The van der Waals surface area contributed by atoms with E-state index in [-0.39, 0.29) is 18.6 Å². The number of aliphatic carboxylic acids is 1. The van der Waals surface area contributed by atoms with Crippen molar-refractivity contribution in [1.82, 2.24) is 5.32 Å². The maximum Gasteiger partial charge on any atom is 0.407 e. The minimum absolute atomic E-state index is 0.134. The fraction of sp³-hybridized carbons (Fsp3) is 0.429. The van der Waals surface area contributed by atoms with Crippen LogP contribution in [-0.4, -0.2) is 29.8 Å². The van der Waals surface area contributed by atoms with E-state index in [1.165, 1.54) is 18.2 Å². The van der Waals surface area contributed by atoms with Crippen molar-refractivity contribution in [2.75, 3.05) is 6.61 Å². The lowest BCUT2D eigenvalue weighted by atomic mass is 10.1. The molecule has 0 aromatic heterocycles. The molecule has 5 nitrogen and oxygen atoms in total. The van der Waals surface area contributed by atoms with Crippen molar-refractivity contribution in [2.24, 2.45) is 0 Å². The lowest BCUT2D eigenvalue weighted by Crippen LogP contribution is -2.42. The highest BCUT2D eigenvalue weighted by Crippen LogP contribution is 2.09. The van der Waals surface area contributed by atoms with Crippen LogP contribution in [-0.2, 0) is 16.0 Å². The monoisotopic (exact) mass is 283 g/mol. The molecule has 1 amide bonds. The number of ether oxygens (including phenoxy) is 1. The number of carboxylic acid groups (broad SMARTS) is 1. The first-order chi connectivity index (χ1) is 9.54. The van der Waals surface area contributed by atoms with Crippen molar-refractivity contribution >= 4 is 12.1 Å². The Kier molecular flexibility index (Phi) is 6.49. The summed E-state index contributed by atoms with van der Waals surface area (Å²) in [5.41, 5.74) is 0.230. The Balaban J connectivity index is 2.59. The Labute approximate surface area is 116 Å². The molecule has 1 atom stereocenters. The van der Waals surface area contributed by atoms with Crippen LogP contribution in [0.3, 0.4) is 0 Å². The van der Waals surface area contributed by atoms with Crippen molar-refractivity contribution in [3.63, 3.8) is 0 Å². The van der Waals surface area contributed by atoms with Crippen molar-refractivity contribution in [3.05, 3.63) is 35.6 Å². The summed E-state index contributed by atoms with van der Waals surface area (Å²) >= 11 is 0. The highest BCUT2D eigenvalue weighted by Gasteiger charge is 2.22. The number of alkyl carbamates (subject to hydrolysis) is 1. The van der Waals surface area contributed by atoms with Crippen LogP contribution in [0, 0.1) is 5.82 Å². The summed E-state index contributed by atoms with van der Waals surface area (Å²) in [6, 6.07) is 4.63. The van der Waals surface area contributed by atoms with Gasteiger partial charge in [0.1, 0.15) is 11.9 Å². The van der Waals surface area contributed by atoms with Crippen molar-refractivity contribution < 1.29 is 23.8 Å². The molecule has 0 heterocycles. The van der Waals surface area contributed by atoms with E-state index in [1.54, 1.807) is 6.07 Å². The molecule has 0 aliphatic heterocycles. The Morgan fingerprint density at radius 2 is 2.10 bits per heavy atom. The third kappa shape index (κ3) is 5.26. The van der Waals surface area contributed by atoms with Crippen LogP contribution in [0.1, 0.15) is 25.3 Å². The van der Waals surface area contributed by atoms with E-state index in [4.69, 9.17) is 9.84 Å². The summed E-state index contributed by atoms with van der Waals surface area (Å²) in [6.45, 7) is 2.17. The maximum absolute atomic E-state index is 13.5. The highest BCUT2D eigenvalue weighted by atomic mass is 19.1. The third-order valence-corrected chi connectivity index (χ3v) is 2.70. The molecular formula is C14H18FNO4. The van der Waals surface area contributed by atoms with Crippen LogP contribution in [0.15, 0.2) is 24.3 Å². The number of halogens is 1. The van der Waals surface area contributed by atoms with E-state index in [1.807, 2.05) is 6.92 Å². The third-order valence-electron chi connectivity index (χ3n) is 2.70. The number of hydrogen-bond acceptors (Lipinski definition) is 3. The van der Waals surface area contributed by atoms with Gasteiger partial charge in [-0.1, -0.05) is 31.5 Å². The minimum atomic E-state index is -1.24. The van der Waals surface area contributed by atoms with Gasteiger partial charge in [-0.05, 0) is 18.1 Å². The molecule has 20 heavy (non-hydrogen) atoms. The van der Waals surface area contributed by atoms with Crippen LogP contribution in [0.4, 0.5) is 9.18 Å². The van der Waals surface area contributed by atoms with Gasteiger partial charge in [0.05, 0.1) is 6.61 Å². The van der Waals surface area contributed by atoms with Gasteiger partial charge < -0.3 is 15.2 Å². The van der Waals surface area contributed by atoms with E-state index in [0.717, 1.165) is 6.42 Å². The zero-order valence-corrected chi connectivity index (χ0v) is 11.3. The SMILES string of the molecule is CCCCOC(=O)NC(Cc1ccccc1F)C(=O)O. The van der Waals surface area contributed by atoms with E-state index < -0.39 is 23.9 Å². The number of carbonyl (C=O) groups is 2. The van der Waals surface area contributed by atoms with Gasteiger partial charge in [0.15, 0.2) is 0 Å². The summed E-state index contributed by atoms with van der Waals surface area (Å²) < 4.78 is 18.3. The molecule has 110 valence electrons. The molecule has 0 saturated heterocycles. The Morgan fingerprint density at radius 1 is 1.40 bits per heavy atom. The highest BCUT2D eigenvalue weighted by molar-refractivity contribution is 5.80. The van der Waals surface area contributed by atoms with E-state index in [2.05, 4.69) is 5.32 Å². The van der Waals surface area contributed by atoms with Crippen molar-refractivity contribution in [3.8, 4) is 0 Å². The molecule has 0 aliphatic rings. The average Bonchev–Trinajstić information content (AvgIpc) is 2.40. The quantitative estimate of drug-likeness (QED) is 0.753. The van der Waals surface area contributed by atoms with Crippen LogP contribution < -0.4 is 5.32 Å². The number of nitrogens with one attached hydrogen (secondary N) is 1. The first-order valence-electron chi connectivity index (χ1n) is 6.44. The van der Waals surface area contributed by atoms with Gasteiger partial charge >= 0.3 is 12.1 Å². The van der Waals surface area contributed by atoms with Crippen LogP contribution in [0.2, 0.25) is 0 Å². The molecule has 1 aromatic rings.